The maximum Gasteiger partial charge on any atom is 0.305 e. The minimum atomic E-state index is -1.08. The summed E-state index contributed by atoms with van der Waals surface area (Å²) in [5.41, 5.74) is 10.5. The van der Waals surface area contributed by atoms with Crippen LogP contribution in [0.2, 0.25) is 0 Å². The van der Waals surface area contributed by atoms with Crippen molar-refractivity contribution in [3.05, 3.63) is 0 Å². The molecule has 0 aromatic heterocycles. The highest BCUT2D eigenvalue weighted by Crippen LogP contribution is 1.87. The minimum absolute atomic E-state index is 0. The largest absolute Gasteiger partial charge is 0.481 e. The van der Waals surface area contributed by atoms with E-state index in [2.05, 4.69) is 5.32 Å². The van der Waals surface area contributed by atoms with Gasteiger partial charge in [0.2, 0.25) is 5.91 Å². The lowest BCUT2D eigenvalue weighted by Crippen LogP contribution is -2.42. The Bertz CT molecular complexity index is 192. The van der Waals surface area contributed by atoms with Gasteiger partial charge in [0.25, 0.3) is 0 Å². The van der Waals surface area contributed by atoms with Crippen LogP contribution in [0.3, 0.4) is 0 Å². The zero-order valence-corrected chi connectivity index (χ0v) is 9.77. The lowest BCUT2D eigenvalue weighted by Gasteiger charge is -2.09. The quantitative estimate of drug-likeness (QED) is 0.462. The van der Waals surface area contributed by atoms with Crippen LogP contribution < -0.4 is 16.8 Å². The minimum Gasteiger partial charge on any atom is -0.481 e. The molecule has 6 N–H and O–H groups in total. The van der Waals surface area contributed by atoms with E-state index >= 15 is 0 Å². The van der Waals surface area contributed by atoms with Crippen molar-refractivity contribution in [3.63, 3.8) is 0 Å². The first-order chi connectivity index (χ1) is 6.07. The van der Waals surface area contributed by atoms with E-state index in [4.69, 9.17) is 16.6 Å². The smallest absolute Gasteiger partial charge is 0.305 e. The van der Waals surface area contributed by atoms with Gasteiger partial charge in [-0.2, -0.15) is 0 Å². The fraction of sp³-hybridized carbons (Fsp3) is 0.714. The first kappa shape index (κ1) is 19.9. The van der Waals surface area contributed by atoms with E-state index in [1.165, 1.54) is 0 Å². The summed E-state index contributed by atoms with van der Waals surface area (Å²) in [6.07, 6.45) is 0.306. The Kier molecular flexibility index (Phi) is 15.3. The van der Waals surface area contributed by atoms with Gasteiger partial charge >= 0.3 is 5.97 Å². The van der Waals surface area contributed by atoms with E-state index in [9.17, 15) is 9.59 Å². The van der Waals surface area contributed by atoms with Crippen molar-refractivity contribution in [3.8, 4) is 0 Å². The maximum absolute atomic E-state index is 11.0. The van der Waals surface area contributed by atoms with Crippen molar-refractivity contribution in [2.45, 2.75) is 18.9 Å². The van der Waals surface area contributed by atoms with Gasteiger partial charge in [-0.3, -0.25) is 9.59 Å². The van der Waals surface area contributed by atoms with E-state index in [1.807, 2.05) is 0 Å². The molecule has 0 unspecified atom stereocenters. The van der Waals surface area contributed by atoms with Crippen molar-refractivity contribution >= 4 is 36.7 Å². The number of rotatable bonds is 6. The molecule has 1 amide bonds. The summed E-state index contributed by atoms with van der Waals surface area (Å²) >= 11 is 0. The molecule has 0 aliphatic rings. The number of halogens is 2. The van der Waals surface area contributed by atoms with Gasteiger partial charge < -0.3 is 21.9 Å². The molecular formula is C7H17Cl2N3O3. The van der Waals surface area contributed by atoms with E-state index < -0.39 is 17.9 Å². The molecular weight excluding hydrogens is 245 g/mol. The van der Waals surface area contributed by atoms with Gasteiger partial charge in [-0.25, -0.2) is 0 Å². The highest BCUT2D eigenvalue weighted by molar-refractivity contribution is 5.86. The Morgan fingerprint density at radius 2 is 1.87 bits per heavy atom. The normalized spacial score (nSPS) is 10.5. The molecule has 15 heavy (non-hydrogen) atoms. The van der Waals surface area contributed by atoms with Gasteiger partial charge in [-0.05, 0) is 13.0 Å². The molecule has 0 saturated heterocycles. The number of nitrogens with two attached hydrogens (primary N) is 2. The molecule has 0 aliphatic carbocycles. The summed E-state index contributed by atoms with van der Waals surface area (Å²) in [4.78, 5) is 21.2. The number of carboxylic acid groups (broad SMARTS) is 1. The number of aliphatic carboxylic acids is 1. The van der Waals surface area contributed by atoms with Crippen LogP contribution in [0, 0.1) is 0 Å². The summed E-state index contributed by atoms with van der Waals surface area (Å²) in [5.74, 6) is -1.53. The van der Waals surface area contributed by atoms with Crippen molar-refractivity contribution < 1.29 is 14.7 Å². The molecule has 0 rings (SSSR count). The number of hydrogen-bond donors (Lipinski definition) is 4. The lowest BCUT2D eigenvalue weighted by molar-refractivity contribution is -0.139. The van der Waals surface area contributed by atoms with Gasteiger partial charge in [0.05, 0.1) is 12.5 Å². The molecule has 0 aromatic rings. The topological polar surface area (TPSA) is 118 Å². The second kappa shape index (κ2) is 11.5. The van der Waals surface area contributed by atoms with Crippen LogP contribution >= 0.6 is 24.8 Å². The van der Waals surface area contributed by atoms with Crippen molar-refractivity contribution in [1.29, 1.82) is 0 Å². The van der Waals surface area contributed by atoms with Crippen LogP contribution in [-0.4, -0.2) is 36.1 Å². The van der Waals surface area contributed by atoms with Crippen LogP contribution in [-0.2, 0) is 9.59 Å². The summed E-state index contributed by atoms with van der Waals surface area (Å²) in [7, 11) is 0. The highest BCUT2D eigenvalue weighted by atomic mass is 35.5. The number of hydrogen-bond acceptors (Lipinski definition) is 4. The van der Waals surface area contributed by atoms with Crippen molar-refractivity contribution in [2.24, 2.45) is 11.5 Å². The first-order valence-electron chi connectivity index (χ1n) is 4.03. The van der Waals surface area contributed by atoms with Gasteiger partial charge in [-0.1, -0.05) is 0 Å². The number of carbonyl (C=O) groups is 2. The summed E-state index contributed by atoms with van der Waals surface area (Å²) in [6, 6.07) is -0.977. The SMILES string of the molecule is Cl.Cl.NCCCNC(=O)[C@H](N)CC(=O)O. The molecule has 0 radical (unpaired) electrons. The summed E-state index contributed by atoms with van der Waals surface area (Å²) in [6.45, 7) is 0.914. The zero-order chi connectivity index (χ0) is 10.3. The third-order valence-corrected chi connectivity index (χ3v) is 1.41. The molecule has 92 valence electrons. The predicted octanol–water partition coefficient (Wildman–Crippen LogP) is -0.903. The Hall–Kier alpha value is -0.560. The standard InChI is InChI=1S/C7H15N3O3.2ClH/c8-2-1-3-10-7(13)5(9)4-6(11)12;;/h5H,1-4,8-9H2,(H,10,13)(H,11,12);2*1H/t5-;;/m1../s1. The molecule has 0 bridgehead atoms. The van der Waals surface area contributed by atoms with Crippen LogP contribution in [0.1, 0.15) is 12.8 Å². The van der Waals surface area contributed by atoms with Crippen molar-refractivity contribution in [1.82, 2.24) is 5.32 Å². The monoisotopic (exact) mass is 261 g/mol. The fourth-order valence-corrected chi connectivity index (χ4v) is 0.726. The summed E-state index contributed by atoms with van der Waals surface area (Å²) in [5, 5.41) is 10.8. The molecule has 0 heterocycles. The fourth-order valence-electron chi connectivity index (χ4n) is 0.726. The molecule has 8 heteroatoms. The third kappa shape index (κ3) is 11.4. The Balaban J connectivity index is -0.000000720. The average Bonchev–Trinajstić information content (AvgIpc) is 2.03. The van der Waals surface area contributed by atoms with E-state index in [-0.39, 0.29) is 31.2 Å². The van der Waals surface area contributed by atoms with Crippen molar-refractivity contribution in [2.75, 3.05) is 13.1 Å². The molecule has 0 aliphatic heterocycles. The number of carbonyl (C=O) groups excluding carboxylic acids is 1. The van der Waals surface area contributed by atoms with E-state index in [0.717, 1.165) is 0 Å². The van der Waals surface area contributed by atoms with Crippen LogP contribution in [0.25, 0.3) is 0 Å². The van der Waals surface area contributed by atoms with Crippen LogP contribution in [0.5, 0.6) is 0 Å². The van der Waals surface area contributed by atoms with Gasteiger partial charge in [0.15, 0.2) is 0 Å². The maximum atomic E-state index is 11.0. The summed E-state index contributed by atoms with van der Waals surface area (Å²) < 4.78 is 0. The average molecular weight is 262 g/mol. The predicted molar refractivity (Wildman–Crippen MR) is 61.4 cm³/mol. The third-order valence-electron chi connectivity index (χ3n) is 1.41. The van der Waals surface area contributed by atoms with Gasteiger partial charge in [-0.15, -0.1) is 24.8 Å². The molecule has 0 aromatic carbocycles. The molecule has 1 atom stereocenters. The second-order valence-electron chi connectivity index (χ2n) is 2.64. The number of carboxylic acids is 1. The number of amides is 1. The number of nitrogens with one attached hydrogen (secondary N) is 1. The van der Waals surface area contributed by atoms with Crippen LogP contribution in [0.4, 0.5) is 0 Å². The Labute approximate surface area is 101 Å². The molecule has 6 nitrogen and oxygen atoms in total. The Morgan fingerprint density at radius 3 is 2.27 bits per heavy atom. The Morgan fingerprint density at radius 1 is 1.33 bits per heavy atom. The highest BCUT2D eigenvalue weighted by Gasteiger charge is 2.15. The van der Waals surface area contributed by atoms with Gasteiger partial charge in [0, 0.05) is 6.54 Å². The van der Waals surface area contributed by atoms with Crippen LogP contribution in [0.15, 0.2) is 0 Å². The molecule has 0 spiro atoms. The first-order valence-corrected chi connectivity index (χ1v) is 4.03. The van der Waals surface area contributed by atoms with E-state index in [0.29, 0.717) is 19.5 Å². The van der Waals surface area contributed by atoms with Gasteiger partial charge in [0.1, 0.15) is 0 Å². The zero-order valence-electron chi connectivity index (χ0n) is 8.14. The second-order valence-corrected chi connectivity index (χ2v) is 2.64. The van der Waals surface area contributed by atoms with E-state index in [1.54, 1.807) is 0 Å². The lowest BCUT2D eigenvalue weighted by atomic mass is 10.2. The molecule has 0 saturated carbocycles. The molecule has 0 fully saturated rings.